The van der Waals surface area contributed by atoms with Gasteiger partial charge >= 0.3 is 0 Å². The molecule has 3 aromatic heterocycles. The molecular weight excluding hydrogens is 520 g/mol. The van der Waals surface area contributed by atoms with Gasteiger partial charge in [-0.2, -0.15) is 10.2 Å². The van der Waals surface area contributed by atoms with Crippen molar-refractivity contribution in [2.75, 3.05) is 18.1 Å². The number of hydrogen-bond acceptors (Lipinski definition) is 6. The molecule has 0 amide bonds. The Bertz CT molecular complexity index is 1720. The van der Waals surface area contributed by atoms with Gasteiger partial charge in [0.15, 0.2) is 0 Å². The summed E-state index contributed by atoms with van der Waals surface area (Å²) < 4.78 is 27.8. The molecule has 0 bridgehead atoms. The summed E-state index contributed by atoms with van der Waals surface area (Å²) in [5.74, 6) is 0.684. The Labute approximate surface area is 227 Å². The fourth-order valence-corrected chi connectivity index (χ4v) is 6.33. The molecule has 1 unspecified atom stereocenters. The van der Waals surface area contributed by atoms with E-state index in [2.05, 4.69) is 21.5 Å². The van der Waals surface area contributed by atoms with Crippen LogP contribution in [0.4, 0.5) is 5.82 Å². The van der Waals surface area contributed by atoms with Crippen LogP contribution in [-0.2, 0) is 16.9 Å². The summed E-state index contributed by atoms with van der Waals surface area (Å²) in [7, 11) is -1.16. The smallest absolute Gasteiger partial charge is 0.150 e. The van der Waals surface area contributed by atoms with E-state index in [4.69, 9.17) is 16.7 Å². The van der Waals surface area contributed by atoms with Crippen LogP contribution >= 0.6 is 11.6 Å². The number of aromatic nitrogens is 5. The van der Waals surface area contributed by atoms with Crippen LogP contribution in [0.3, 0.4) is 0 Å². The van der Waals surface area contributed by atoms with Crippen molar-refractivity contribution < 1.29 is 8.42 Å². The van der Waals surface area contributed by atoms with Crippen LogP contribution in [0.1, 0.15) is 31.7 Å². The first-order valence-electron chi connectivity index (χ1n) is 12.7. The molecule has 8 nitrogen and oxygen atoms in total. The number of halogens is 1. The number of aryl methyl sites for hydroxylation is 2. The molecule has 0 spiro atoms. The van der Waals surface area contributed by atoms with Gasteiger partial charge in [0.25, 0.3) is 0 Å². The second-order valence-corrected chi connectivity index (χ2v) is 12.5. The second-order valence-electron chi connectivity index (χ2n) is 9.73. The Balaban J connectivity index is 1.49. The van der Waals surface area contributed by atoms with Gasteiger partial charge in [0.05, 0.1) is 28.2 Å². The molecule has 0 radical (unpaired) electrons. The Morgan fingerprint density at radius 1 is 1.05 bits per heavy atom. The highest BCUT2D eigenvalue weighted by Crippen LogP contribution is 2.37. The zero-order valence-corrected chi connectivity index (χ0v) is 23.5. The Morgan fingerprint density at radius 3 is 2.58 bits per heavy atom. The molecule has 198 valence electrons. The lowest BCUT2D eigenvalue weighted by molar-refractivity contribution is 0.567. The molecule has 0 fully saturated rings. The summed E-state index contributed by atoms with van der Waals surface area (Å²) in [6.45, 7) is 4.53. The summed E-state index contributed by atoms with van der Waals surface area (Å²) in [4.78, 5) is 4.59. The minimum Gasteiger partial charge on any atom is -0.370 e. The molecule has 0 aliphatic rings. The molecular formula is C28H31ClN6O2S. The number of hydrogen-bond donors (Lipinski definition) is 1. The largest absolute Gasteiger partial charge is 0.370 e. The fraction of sp³-hybridized carbons (Fsp3) is 0.321. The van der Waals surface area contributed by atoms with Crippen molar-refractivity contribution in [1.82, 2.24) is 24.5 Å². The van der Waals surface area contributed by atoms with Crippen LogP contribution in [0.2, 0.25) is 5.02 Å². The van der Waals surface area contributed by atoms with Gasteiger partial charge in [-0.05, 0) is 55.7 Å². The van der Waals surface area contributed by atoms with E-state index >= 15 is 0 Å². The minimum absolute atomic E-state index is 0.342. The van der Waals surface area contributed by atoms with E-state index in [0.717, 1.165) is 50.7 Å². The highest BCUT2D eigenvalue weighted by molar-refractivity contribution is 7.91. The van der Waals surface area contributed by atoms with E-state index in [1.807, 2.05) is 72.9 Å². The number of fused-ring (bicyclic) bond motifs is 2. The van der Waals surface area contributed by atoms with E-state index in [-0.39, 0.29) is 5.25 Å². The van der Waals surface area contributed by atoms with Crippen molar-refractivity contribution >= 4 is 49.1 Å². The molecule has 5 aromatic rings. The molecule has 5 rings (SSSR count). The number of rotatable bonds is 9. The predicted molar refractivity (Wildman–Crippen MR) is 155 cm³/mol. The third-order valence-corrected chi connectivity index (χ3v) is 9.02. The highest BCUT2D eigenvalue weighted by Gasteiger charge is 2.21. The van der Waals surface area contributed by atoms with E-state index in [1.54, 1.807) is 6.20 Å². The fourth-order valence-electron chi connectivity index (χ4n) is 4.97. The standard InChI is InChI=1S/C28H31ClN6O2S/c1-5-7-20(38(4,36)37)14-15-30-26-13-10-19(16-31-26)35-28-18(2)24(29)12-11-22(28)27(33-35)21-8-6-9-25-23(21)17-34(3)32-25/h6,8-13,16-17,20H,5,7,14-15H2,1-4H3,(H,30,31). The maximum atomic E-state index is 12.0. The summed E-state index contributed by atoms with van der Waals surface area (Å²) in [6, 6.07) is 13.8. The molecule has 0 aliphatic heterocycles. The van der Waals surface area contributed by atoms with Crippen LogP contribution in [0.25, 0.3) is 38.8 Å². The molecule has 3 heterocycles. The van der Waals surface area contributed by atoms with Crippen LogP contribution in [0.5, 0.6) is 0 Å². The number of pyridine rings is 1. The summed E-state index contributed by atoms with van der Waals surface area (Å²) in [5, 5.41) is 15.2. The van der Waals surface area contributed by atoms with Crippen molar-refractivity contribution in [3.05, 3.63) is 65.4 Å². The molecule has 0 aliphatic carbocycles. The van der Waals surface area contributed by atoms with Crippen molar-refractivity contribution in [3.8, 4) is 16.9 Å². The van der Waals surface area contributed by atoms with Crippen LogP contribution in [0, 0.1) is 6.92 Å². The van der Waals surface area contributed by atoms with E-state index < -0.39 is 9.84 Å². The van der Waals surface area contributed by atoms with Crippen LogP contribution in [0.15, 0.2) is 54.9 Å². The first kappa shape index (κ1) is 26.2. The van der Waals surface area contributed by atoms with Crippen LogP contribution < -0.4 is 5.32 Å². The van der Waals surface area contributed by atoms with Gasteiger partial charge in [0.2, 0.25) is 0 Å². The molecule has 10 heteroatoms. The van der Waals surface area contributed by atoms with Crippen molar-refractivity contribution in [2.24, 2.45) is 7.05 Å². The zero-order valence-electron chi connectivity index (χ0n) is 21.9. The highest BCUT2D eigenvalue weighted by atomic mass is 35.5. The van der Waals surface area contributed by atoms with Crippen molar-refractivity contribution in [1.29, 1.82) is 0 Å². The molecule has 1 atom stereocenters. The second kappa shape index (κ2) is 10.4. The predicted octanol–water partition coefficient (Wildman–Crippen LogP) is 5.95. The van der Waals surface area contributed by atoms with Gasteiger partial charge in [0, 0.05) is 47.4 Å². The van der Waals surface area contributed by atoms with Crippen molar-refractivity contribution in [3.63, 3.8) is 0 Å². The maximum Gasteiger partial charge on any atom is 0.150 e. The lowest BCUT2D eigenvalue weighted by Gasteiger charge is -2.15. The minimum atomic E-state index is -3.07. The van der Waals surface area contributed by atoms with Gasteiger partial charge in [0.1, 0.15) is 21.3 Å². The molecule has 38 heavy (non-hydrogen) atoms. The molecule has 0 saturated heterocycles. The zero-order chi connectivity index (χ0) is 27.0. The van der Waals surface area contributed by atoms with Gasteiger partial charge in [-0.3, -0.25) is 4.68 Å². The van der Waals surface area contributed by atoms with Gasteiger partial charge in [-0.1, -0.05) is 37.1 Å². The van der Waals surface area contributed by atoms with Gasteiger partial charge in [-0.15, -0.1) is 0 Å². The number of sulfone groups is 1. The normalized spacial score (nSPS) is 12.9. The average Bonchev–Trinajstić information content (AvgIpc) is 3.46. The molecule has 1 N–H and O–H groups in total. The van der Waals surface area contributed by atoms with Gasteiger partial charge in [-0.25, -0.2) is 18.1 Å². The third kappa shape index (κ3) is 5.00. The number of anilines is 1. The Kier molecular flexibility index (Phi) is 7.15. The van der Waals surface area contributed by atoms with E-state index in [0.29, 0.717) is 30.2 Å². The number of nitrogens with one attached hydrogen (secondary N) is 1. The monoisotopic (exact) mass is 550 g/mol. The summed E-state index contributed by atoms with van der Waals surface area (Å²) in [6.07, 6.45) is 7.13. The first-order chi connectivity index (χ1) is 18.2. The number of benzene rings is 2. The van der Waals surface area contributed by atoms with Gasteiger partial charge < -0.3 is 5.32 Å². The van der Waals surface area contributed by atoms with Crippen molar-refractivity contribution in [2.45, 2.75) is 38.4 Å². The Hall–Kier alpha value is -3.43. The van der Waals surface area contributed by atoms with Crippen LogP contribution in [-0.4, -0.2) is 51.0 Å². The van der Waals surface area contributed by atoms with E-state index in [9.17, 15) is 8.42 Å². The maximum absolute atomic E-state index is 12.0. The molecule has 0 saturated carbocycles. The summed E-state index contributed by atoms with van der Waals surface area (Å²) in [5.41, 5.74) is 5.42. The summed E-state index contributed by atoms with van der Waals surface area (Å²) >= 11 is 6.54. The lowest BCUT2D eigenvalue weighted by atomic mass is 10.0. The first-order valence-corrected chi connectivity index (χ1v) is 15.0. The third-order valence-electron chi connectivity index (χ3n) is 6.93. The number of nitrogens with zero attached hydrogens (tertiary/aromatic N) is 5. The average molecular weight is 551 g/mol. The lowest BCUT2D eigenvalue weighted by Crippen LogP contribution is -2.23. The topological polar surface area (TPSA) is 94.7 Å². The van der Waals surface area contributed by atoms with E-state index in [1.165, 1.54) is 6.26 Å². The SMILES string of the molecule is CCCC(CCNc1ccc(-n2nc(-c3cccc4nn(C)cc34)c3ccc(Cl)c(C)c32)cn1)S(C)(=O)=O. The molecule has 2 aromatic carbocycles. The Morgan fingerprint density at radius 2 is 1.87 bits per heavy atom. The quantitative estimate of drug-likeness (QED) is 0.244.